The molecule has 0 bridgehead atoms. The van der Waals surface area contributed by atoms with Gasteiger partial charge in [-0.25, -0.2) is 0 Å². The zero-order valence-corrected chi connectivity index (χ0v) is 13.3. The summed E-state index contributed by atoms with van der Waals surface area (Å²) < 4.78 is 7.85. The van der Waals surface area contributed by atoms with Gasteiger partial charge >= 0.3 is 0 Å². The molecule has 2 aromatic rings. The van der Waals surface area contributed by atoms with Gasteiger partial charge in [0.05, 0.1) is 12.7 Å². The standard InChI is InChI=1S/C15H14BrN3O2/c1-3-19-9-11(16)7-12(19)15(20)18-14-10(8-17)5-4-6-13(14)21-2/h4-7,9H,3H2,1-2H3,(H,18,20). The van der Waals surface area contributed by atoms with Gasteiger partial charge in [0.2, 0.25) is 0 Å². The number of nitrogens with one attached hydrogen (secondary N) is 1. The first kappa shape index (κ1) is 15.1. The number of aromatic nitrogens is 1. The summed E-state index contributed by atoms with van der Waals surface area (Å²) in [6.07, 6.45) is 1.84. The maximum atomic E-state index is 12.4. The molecule has 6 heteroatoms. The molecule has 1 heterocycles. The van der Waals surface area contributed by atoms with Crippen LogP contribution in [0.5, 0.6) is 5.75 Å². The number of benzene rings is 1. The Morgan fingerprint density at radius 1 is 1.52 bits per heavy atom. The van der Waals surface area contributed by atoms with Crippen LogP contribution in [0, 0.1) is 11.3 Å². The highest BCUT2D eigenvalue weighted by atomic mass is 79.9. The van der Waals surface area contributed by atoms with E-state index in [1.165, 1.54) is 7.11 Å². The van der Waals surface area contributed by atoms with Crippen molar-refractivity contribution in [1.29, 1.82) is 5.26 Å². The van der Waals surface area contributed by atoms with Gasteiger partial charge in [0.25, 0.3) is 5.91 Å². The molecule has 0 radical (unpaired) electrons. The first-order chi connectivity index (χ1) is 10.1. The second kappa shape index (κ2) is 6.46. The van der Waals surface area contributed by atoms with Crippen molar-refractivity contribution < 1.29 is 9.53 Å². The van der Waals surface area contributed by atoms with E-state index >= 15 is 0 Å². The smallest absolute Gasteiger partial charge is 0.272 e. The molecule has 0 spiro atoms. The molecular weight excluding hydrogens is 334 g/mol. The predicted molar refractivity (Wildman–Crippen MR) is 83.5 cm³/mol. The minimum Gasteiger partial charge on any atom is -0.495 e. The van der Waals surface area contributed by atoms with E-state index in [4.69, 9.17) is 10.00 Å². The second-order valence-corrected chi connectivity index (χ2v) is 5.19. The van der Waals surface area contributed by atoms with Gasteiger partial charge in [0.15, 0.2) is 0 Å². The van der Waals surface area contributed by atoms with Crippen molar-refractivity contribution in [2.45, 2.75) is 13.5 Å². The SMILES string of the molecule is CCn1cc(Br)cc1C(=O)Nc1c(C#N)cccc1OC. The number of halogens is 1. The van der Waals surface area contributed by atoms with Gasteiger partial charge < -0.3 is 14.6 Å². The molecular formula is C15H14BrN3O2. The summed E-state index contributed by atoms with van der Waals surface area (Å²) in [5, 5.41) is 11.9. The van der Waals surface area contributed by atoms with Crippen LogP contribution >= 0.6 is 15.9 Å². The normalized spacial score (nSPS) is 10.0. The lowest BCUT2D eigenvalue weighted by Crippen LogP contribution is -2.17. The Balaban J connectivity index is 2.38. The summed E-state index contributed by atoms with van der Waals surface area (Å²) in [6, 6.07) is 8.82. The number of aryl methyl sites for hydroxylation is 1. The third kappa shape index (κ3) is 3.09. The first-order valence-corrected chi connectivity index (χ1v) is 7.14. The van der Waals surface area contributed by atoms with Crippen LogP contribution < -0.4 is 10.1 Å². The molecule has 5 nitrogen and oxygen atoms in total. The maximum absolute atomic E-state index is 12.4. The molecule has 21 heavy (non-hydrogen) atoms. The summed E-state index contributed by atoms with van der Waals surface area (Å²) >= 11 is 3.36. The minimum absolute atomic E-state index is 0.288. The lowest BCUT2D eigenvalue weighted by atomic mass is 10.1. The molecule has 0 unspecified atom stereocenters. The minimum atomic E-state index is -0.288. The van der Waals surface area contributed by atoms with Crippen LogP contribution in [-0.4, -0.2) is 17.6 Å². The number of anilines is 1. The number of hydrogen-bond donors (Lipinski definition) is 1. The van der Waals surface area contributed by atoms with Crippen LogP contribution in [0.25, 0.3) is 0 Å². The Kier molecular flexibility index (Phi) is 4.66. The Morgan fingerprint density at radius 3 is 2.90 bits per heavy atom. The van der Waals surface area contributed by atoms with Crippen LogP contribution in [0.15, 0.2) is 34.9 Å². The van der Waals surface area contributed by atoms with Gasteiger partial charge in [0, 0.05) is 17.2 Å². The number of amides is 1. The Bertz CT molecular complexity index is 716. The van der Waals surface area contributed by atoms with Crippen molar-refractivity contribution >= 4 is 27.5 Å². The molecule has 108 valence electrons. The van der Waals surface area contributed by atoms with Crippen molar-refractivity contribution in [2.24, 2.45) is 0 Å². The van der Waals surface area contributed by atoms with Crippen molar-refractivity contribution in [3.05, 3.63) is 46.2 Å². The number of para-hydroxylation sites is 1. The number of hydrogen-bond acceptors (Lipinski definition) is 3. The van der Waals surface area contributed by atoms with Crippen molar-refractivity contribution in [1.82, 2.24) is 4.57 Å². The predicted octanol–water partition coefficient (Wildman–Crippen LogP) is 3.40. The molecule has 0 fully saturated rings. The Hall–Kier alpha value is -2.26. The summed E-state index contributed by atoms with van der Waals surface area (Å²) in [4.78, 5) is 12.4. The first-order valence-electron chi connectivity index (χ1n) is 6.34. The molecule has 0 atom stereocenters. The number of ether oxygens (including phenoxy) is 1. The summed E-state index contributed by atoms with van der Waals surface area (Å²) in [6.45, 7) is 2.62. The van der Waals surface area contributed by atoms with Gasteiger partial charge in [-0.05, 0) is 41.1 Å². The van der Waals surface area contributed by atoms with E-state index < -0.39 is 0 Å². The van der Waals surface area contributed by atoms with Crippen LogP contribution in [0.3, 0.4) is 0 Å². The molecule has 1 N–H and O–H groups in total. The number of nitriles is 1. The average molecular weight is 348 g/mol. The molecule has 0 saturated heterocycles. The van der Waals surface area contributed by atoms with E-state index in [2.05, 4.69) is 27.3 Å². The van der Waals surface area contributed by atoms with Crippen LogP contribution in [0.1, 0.15) is 23.0 Å². The highest BCUT2D eigenvalue weighted by molar-refractivity contribution is 9.10. The van der Waals surface area contributed by atoms with Crippen molar-refractivity contribution in [3.8, 4) is 11.8 Å². The molecule has 0 aliphatic heterocycles. The van der Waals surface area contributed by atoms with E-state index in [1.54, 1.807) is 24.3 Å². The van der Waals surface area contributed by atoms with E-state index in [0.717, 1.165) is 4.47 Å². The number of rotatable bonds is 4. The van der Waals surface area contributed by atoms with Gasteiger partial charge in [-0.15, -0.1) is 0 Å². The lowest BCUT2D eigenvalue weighted by Gasteiger charge is -2.12. The summed E-state index contributed by atoms with van der Waals surface area (Å²) in [5.41, 5.74) is 1.25. The third-order valence-electron chi connectivity index (χ3n) is 3.04. The average Bonchev–Trinajstić information content (AvgIpc) is 2.88. The summed E-state index contributed by atoms with van der Waals surface area (Å²) in [7, 11) is 1.50. The fourth-order valence-electron chi connectivity index (χ4n) is 2.03. The Morgan fingerprint density at radius 2 is 2.29 bits per heavy atom. The van der Waals surface area contributed by atoms with E-state index in [1.807, 2.05) is 17.7 Å². The fourth-order valence-corrected chi connectivity index (χ4v) is 2.49. The monoisotopic (exact) mass is 347 g/mol. The molecule has 2 rings (SSSR count). The maximum Gasteiger partial charge on any atom is 0.272 e. The zero-order chi connectivity index (χ0) is 15.4. The molecule has 0 aliphatic carbocycles. The number of carbonyl (C=O) groups excluding carboxylic acids is 1. The molecule has 1 amide bonds. The quantitative estimate of drug-likeness (QED) is 0.921. The zero-order valence-electron chi connectivity index (χ0n) is 11.7. The van der Waals surface area contributed by atoms with Gasteiger partial charge in [-0.3, -0.25) is 4.79 Å². The van der Waals surface area contributed by atoms with Gasteiger partial charge in [-0.1, -0.05) is 6.07 Å². The fraction of sp³-hybridized carbons (Fsp3) is 0.200. The summed E-state index contributed by atoms with van der Waals surface area (Å²) in [5.74, 6) is 0.166. The highest BCUT2D eigenvalue weighted by Gasteiger charge is 2.17. The highest BCUT2D eigenvalue weighted by Crippen LogP contribution is 2.28. The second-order valence-electron chi connectivity index (χ2n) is 4.28. The topological polar surface area (TPSA) is 67.0 Å². The van der Waals surface area contributed by atoms with E-state index in [-0.39, 0.29) is 5.91 Å². The third-order valence-corrected chi connectivity index (χ3v) is 3.48. The van der Waals surface area contributed by atoms with Crippen LogP contribution in [-0.2, 0) is 6.54 Å². The largest absolute Gasteiger partial charge is 0.495 e. The van der Waals surface area contributed by atoms with E-state index in [0.29, 0.717) is 29.2 Å². The molecule has 1 aromatic carbocycles. The molecule has 0 aliphatic rings. The molecule has 0 saturated carbocycles. The lowest BCUT2D eigenvalue weighted by molar-refractivity contribution is 0.101. The number of methoxy groups -OCH3 is 1. The van der Waals surface area contributed by atoms with Crippen molar-refractivity contribution in [3.63, 3.8) is 0 Å². The van der Waals surface area contributed by atoms with Gasteiger partial charge in [0.1, 0.15) is 23.2 Å². The van der Waals surface area contributed by atoms with Crippen LogP contribution in [0.2, 0.25) is 0 Å². The number of nitrogens with zero attached hydrogens (tertiary/aromatic N) is 2. The van der Waals surface area contributed by atoms with Crippen LogP contribution in [0.4, 0.5) is 5.69 Å². The Labute approximate surface area is 131 Å². The van der Waals surface area contributed by atoms with Gasteiger partial charge in [-0.2, -0.15) is 5.26 Å². The molecule has 1 aromatic heterocycles. The number of carbonyl (C=O) groups is 1. The van der Waals surface area contributed by atoms with E-state index in [9.17, 15) is 4.79 Å². The van der Waals surface area contributed by atoms with Crippen molar-refractivity contribution in [2.75, 3.05) is 12.4 Å².